The Balaban J connectivity index is 4.58. The van der Waals surface area contributed by atoms with E-state index in [9.17, 15) is 13.5 Å². The SMILES string of the molecule is CCCN(CCC)S(=O)(=O)NCC(C)(O)CN(C)C. The average molecular weight is 295 g/mol. The molecule has 2 N–H and O–H groups in total. The van der Waals surface area contributed by atoms with Gasteiger partial charge in [0.2, 0.25) is 0 Å². The van der Waals surface area contributed by atoms with Crippen LogP contribution in [0.4, 0.5) is 0 Å². The molecule has 0 spiro atoms. The van der Waals surface area contributed by atoms with Crippen molar-refractivity contribution in [1.82, 2.24) is 13.9 Å². The van der Waals surface area contributed by atoms with Crippen molar-refractivity contribution in [2.75, 3.05) is 40.3 Å². The summed E-state index contributed by atoms with van der Waals surface area (Å²) in [5, 5.41) is 10.1. The predicted octanol–water partition coefficient (Wildman–Crippen LogP) is 0.255. The number of rotatable bonds is 10. The highest BCUT2D eigenvalue weighted by molar-refractivity contribution is 7.87. The Labute approximate surface area is 118 Å². The second kappa shape index (κ2) is 8.16. The highest BCUT2D eigenvalue weighted by atomic mass is 32.2. The van der Waals surface area contributed by atoms with Gasteiger partial charge in [0.25, 0.3) is 10.2 Å². The lowest BCUT2D eigenvalue weighted by atomic mass is 10.1. The molecular weight excluding hydrogens is 266 g/mol. The van der Waals surface area contributed by atoms with E-state index >= 15 is 0 Å². The minimum atomic E-state index is -3.51. The van der Waals surface area contributed by atoms with Gasteiger partial charge in [0.1, 0.15) is 0 Å². The smallest absolute Gasteiger partial charge is 0.279 e. The fourth-order valence-electron chi connectivity index (χ4n) is 1.93. The second-order valence-corrected chi connectivity index (χ2v) is 7.22. The predicted molar refractivity (Wildman–Crippen MR) is 78.3 cm³/mol. The maximum Gasteiger partial charge on any atom is 0.279 e. The molecule has 1 unspecified atom stereocenters. The van der Waals surface area contributed by atoms with Gasteiger partial charge in [0.05, 0.1) is 5.60 Å². The fourth-order valence-corrected chi connectivity index (χ4v) is 3.45. The summed E-state index contributed by atoms with van der Waals surface area (Å²) in [7, 11) is 0.163. The molecule has 6 nitrogen and oxygen atoms in total. The topological polar surface area (TPSA) is 72.9 Å². The fraction of sp³-hybridized carbons (Fsp3) is 1.00. The summed E-state index contributed by atoms with van der Waals surface area (Å²) >= 11 is 0. The third-order valence-corrected chi connectivity index (χ3v) is 4.13. The molecule has 0 aromatic rings. The van der Waals surface area contributed by atoms with Gasteiger partial charge in [0, 0.05) is 26.2 Å². The molecule has 0 heterocycles. The van der Waals surface area contributed by atoms with Gasteiger partial charge >= 0.3 is 0 Å². The van der Waals surface area contributed by atoms with E-state index in [1.807, 2.05) is 32.8 Å². The normalized spacial score (nSPS) is 16.0. The lowest BCUT2D eigenvalue weighted by Gasteiger charge is -2.29. The Bertz CT molecular complexity index is 336. The molecule has 0 fully saturated rings. The van der Waals surface area contributed by atoms with E-state index < -0.39 is 15.8 Å². The maximum absolute atomic E-state index is 12.1. The van der Waals surface area contributed by atoms with Crippen molar-refractivity contribution in [1.29, 1.82) is 0 Å². The van der Waals surface area contributed by atoms with Crippen LogP contribution in [-0.2, 0) is 10.2 Å². The first-order valence-electron chi connectivity index (χ1n) is 6.76. The third-order valence-electron chi connectivity index (χ3n) is 2.58. The molecule has 1 atom stereocenters. The van der Waals surface area contributed by atoms with Crippen molar-refractivity contribution >= 4 is 10.2 Å². The van der Waals surface area contributed by atoms with Crippen LogP contribution in [0.5, 0.6) is 0 Å². The van der Waals surface area contributed by atoms with Crippen LogP contribution in [0.1, 0.15) is 33.6 Å². The van der Waals surface area contributed by atoms with E-state index in [2.05, 4.69) is 4.72 Å². The molecule has 0 rings (SSSR count). The van der Waals surface area contributed by atoms with Crippen LogP contribution in [-0.4, -0.2) is 68.6 Å². The summed E-state index contributed by atoms with van der Waals surface area (Å²) in [5.41, 5.74) is -1.08. The first-order chi connectivity index (χ1) is 8.64. The molecule has 19 heavy (non-hydrogen) atoms. The number of likely N-dealkylation sites (N-methyl/N-ethyl adjacent to an activating group) is 1. The van der Waals surface area contributed by atoms with E-state index in [-0.39, 0.29) is 6.54 Å². The summed E-state index contributed by atoms with van der Waals surface area (Å²) < 4.78 is 28.2. The summed E-state index contributed by atoms with van der Waals surface area (Å²) in [6, 6.07) is 0. The molecule has 0 aliphatic heterocycles. The molecule has 0 aliphatic carbocycles. The van der Waals surface area contributed by atoms with Gasteiger partial charge in [-0.2, -0.15) is 17.4 Å². The number of nitrogens with zero attached hydrogens (tertiary/aromatic N) is 2. The zero-order valence-corrected chi connectivity index (χ0v) is 13.6. The van der Waals surface area contributed by atoms with Crippen LogP contribution >= 0.6 is 0 Å². The molecular formula is C12H29N3O3S. The Morgan fingerprint density at radius 3 is 2.00 bits per heavy atom. The van der Waals surface area contributed by atoms with Gasteiger partial charge in [-0.25, -0.2) is 0 Å². The highest BCUT2D eigenvalue weighted by Gasteiger charge is 2.26. The average Bonchev–Trinajstić information content (AvgIpc) is 2.25. The van der Waals surface area contributed by atoms with E-state index in [1.165, 1.54) is 4.31 Å². The van der Waals surface area contributed by atoms with Crippen molar-refractivity contribution in [3.8, 4) is 0 Å². The van der Waals surface area contributed by atoms with Crippen LogP contribution in [0.25, 0.3) is 0 Å². The van der Waals surface area contributed by atoms with Crippen LogP contribution < -0.4 is 4.72 Å². The number of aliphatic hydroxyl groups is 1. The van der Waals surface area contributed by atoms with Crippen LogP contribution in [0, 0.1) is 0 Å². The van der Waals surface area contributed by atoms with Crippen molar-refractivity contribution in [3.63, 3.8) is 0 Å². The first kappa shape index (κ1) is 18.8. The molecule has 0 amide bonds. The standard InChI is InChI=1S/C12H29N3O3S/c1-6-8-15(9-7-2)19(17,18)13-10-12(3,16)11-14(4)5/h13,16H,6-11H2,1-5H3. The summed E-state index contributed by atoms with van der Waals surface area (Å²) in [5.74, 6) is 0. The lowest BCUT2D eigenvalue weighted by molar-refractivity contribution is 0.0382. The molecule has 7 heteroatoms. The van der Waals surface area contributed by atoms with Crippen LogP contribution in [0.2, 0.25) is 0 Å². The van der Waals surface area contributed by atoms with Crippen LogP contribution in [0.3, 0.4) is 0 Å². The van der Waals surface area contributed by atoms with E-state index in [0.29, 0.717) is 19.6 Å². The van der Waals surface area contributed by atoms with Gasteiger partial charge in [-0.15, -0.1) is 0 Å². The van der Waals surface area contributed by atoms with Crippen molar-refractivity contribution in [3.05, 3.63) is 0 Å². The quantitative estimate of drug-likeness (QED) is 0.606. The Morgan fingerprint density at radius 2 is 1.63 bits per heavy atom. The Morgan fingerprint density at radius 1 is 1.16 bits per heavy atom. The number of hydrogen-bond donors (Lipinski definition) is 2. The summed E-state index contributed by atoms with van der Waals surface area (Å²) in [6.45, 7) is 6.92. The van der Waals surface area contributed by atoms with Crippen molar-refractivity contribution in [2.45, 2.75) is 39.2 Å². The van der Waals surface area contributed by atoms with Gasteiger partial charge < -0.3 is 10.0 Å². The Hall–Kier alpha value is -0.210. The largest absolute Gasteiger partial charge is 0.387 e. The maximum atomic E-state index is 12.1. The molecule has 116 valence electrons. The first-order valence-corrected chi connectivity index (χ1v) is 8.20. The molecule has 0 saturated carbocycles. The minimum Gasteiger partial charge on any atom is -0.387 e. The van der Waals surface area contributed by atoms with E-state index in [0.717, 1.165) is 12.8 Å². The van der Waals surface area contributed by atoms with Crippen molar-refractivity contribution in [2.24, 2.45) is 0 Å². The molecule has 0 aromatic carbocycles. The molecule has 0 aromatic heterocycles. The third kappa shape index (κ3) is 7.84. The van der Waals surface area contributed by atoms with Gasteiger partial charge in [-0.1, -0.05) is 13.8 Å². The molecule has 0 radical (unpaired) electrons. The zero-order chi connectivity index (χ0) is 15.1. The summed E-state index contributed by atoms with van der Waals surface area (Å²) in [6.07, 6.45) is 1.55. The second-order valence-electron chi connectivity index (χ2n) is 5.46. The number of nitrogens with one attached hydrogen (secondary N) is 1. The zero-order valence-electron chi connectivity index (χ0n) is 12.8. The van der Waals surface area contributed by atoms with Gasteiger partial charge in [0.15, 0.2) is 0 Å². The van der Waals surface area contributed by atoms with Crippen LogP contribution in [0.15, 0.2) is 0 Å². The van der Waals surface area contributed by atoms with Gasteiger partial charge in [-0.3, -0.25) is 0 Å². The Kier molecular flexibility index (Phi) is 8.07. The van der Waals surface area contributed by atoms with Crippen molar-refractivity contribution < 1.29 is 13.5 Å². The monoisotopic (exact) mass is 295 g/mol. The molecule has 0 aliphatic rings. The highest BCUT2D eigenvalue weighted by Crippen LogP contribution is 2.06. The molecule has 0 bridgehead atoms. The molecule has 0 saturated heterocycles. The van der Waals surface area contributed by atoms with E-state index in [1.54, 1.807) is 6.92 Å². The lowest BCUT2D eigenvalue weighted by Crippen LogP contribution is -2.50. The minimum absolute atomic E-state index is 0.0114. The van der Waals surface area contributed by atoms with Gasteiger partial charge in [-0.05, 0) is 33.9 Å². The van der Waals surface area contributed by atoms with E-state index in [4.69, 9.17) is 0 Å². The summed E-state index contributed by atoms with van der Waals surface area (Å²) in [4.78, 5) is 1.82. The number of hydrogen-bond acceptors (Lipinski definition) is 4.